The molecule has 0 spiro atoms. The van der Waals surface area contributed by atoms with Crippen molar-refractivity contribution in [3.8, 4) is 0 Å². The summed E-state index contributed by atoms with van der Waals surface area (Å²) in [7, 11) is 1.29. The van der Waals surface area contributed by atoms with Crippen LogP contribution in [0.5, 0.6) is 0 Å². The van der Waals surface area contributed by atoms with Gasteiger partial charge >= 0.3 is 12.1 Å². The fourth-order valence-electron chi connectivity index (χ4n) is 2.45. The molecule has 0 saturated heterocycles. The summed E-state index contributed by atoms with van der Waals surface area (Å²) in [6, 6.07) is 5.81. The predicted molar refractivity (Wildman–Crippen MR) is 90.9 cm³/mol. The second-order valence-electron chi connectivity index (χ2n) is 5.46. The van der Waals surface area contributed by atoms with Crippen LogP contribution in [-0.4, -0.2) is 35.7 Å². The van der Waals surface area contributed by atoms with E-state index in [-0.39, 0.29) is 11.8 Å². The Morgan fingerprint density at radius 2 is 2.12 bits per heavy atom. The Labute approximate surface area is 147 Å². The summed E-state index contributed by atoms with van der Waals surface area (Å²) in [5.74, 6) is -0.305. The van der Waals surface area contributed by atoms with Gasteiger partial charge in [-0.3, -0.25) is 5.32 Å². The number of thiazole rings is 1. The fraction of sp³-hybridized carbons (Fsp3) is 0.312. The number of aromatic nitrogens is 1. The Kier molecular flexibility index (Phi) is 5.13. The van der Waals surface area contributed by atoms with E-state index in [1.807, 2.05) is 0 Å². The van der Waals surface area contributed by atoms with Gasteiger partial charge in [-0.05, 0) is 17.7 Å². The van der Waals surface area contributed by atoms with E-state index in [9.17, 15) is 14.0 Å². The van der Waals surface area contributed by atoms with Gasteiger partial charge in [0.15, 0.2) is 5.13 Å². The fourth-order valence-corrected chi connectivity index (χ4v) is 3.46. The largest absolute Gasteiger partial charge is 0.453 e. The van der Waals surface area contributed by atoms with Crippen LogP contribution in [0.1, 0.15) is 16.1 Å². The highest BCUT2D eigenvalue weighted by Gasteiger charge is 2.24. The first-order valence-electron chi connectivity index (χ1n) is 7.66. The Balaban J connectivity index is 1.57. The molecule has 0 saturated carbocycles. The van der Waals surface area contributed by atoms with Crippen LogP contribution in [0.25, 0.3) is 0 Å². The number of hydrogen-bond acceptors (Lipinski definition) is 5. The van der Waals surface area contributed by atoms with E-state index in [1.165, 1.54) is 30.6 Å². The van der Waals surface area contributed by atoms with E-state index in [2.05, 4.69) is 20.4 Å². The lowest BCUT2D eigenvalue weighted by Crippen LogP contribution is -2.42. The van der Waals surface area contributed by atoms with Crippen LogP contribution >= 0.6 is 11.3 Å². The van der Waals surface area contributed by atoms with Crippen LogP contribution < -0.4 is 10.6 Å². The van der Waals surface area contributed by atoms with E-state index in [1.54, 1.807) is 17.0 Å². The normalized spacial score (nSPS) is 13.1. The van der Waals surface area contributed by atoms with Crippen molar-refractivity contribution in [1.29, 1.82) is 0 Å². The Morgan fingerprint density at radius 3 is 2.84 bits per heavy atom. The van der Waals surface area contributed by atoms with Crippen molar-refractivity contribution in [2.75, 3.05) is 19.0 Å². The second-order valence-corrected chi connectivity index (χ2v) is 6.55. The van der Waals surface area contributed by atoms with Crippen LogP contribution in [0, 0.1) is 5.82 Å². The Bertz CT molecular complexity index is 778. The summed E-state index contributed by atoms with van der Waals surface area (Å²) >= 11 is 1.33. The lowest BCUT2D eigenvalue weighted by molar-refractivity contribution is 0.187. The topological polar surface area (TPSA) is 83.6 Å². The lowest BCUT2D eigenvalue weighted by Gasteiger charge is -2.26. The van der Waals surface area contributed by atoms with Gasteiger partial charge in [0.05, 0.1) is 19.3 Å². The van der Waals surface area contributed by atoms with Crippen molar-refractivity contribution < 1.29 is 18.7 Å². The van der Waals surface area contributed by atoms with Gasteiger partial charge in [0.1, 0.15) is 5.82 Å². The minimum atomic E-state index is -0.569. The number of urea groups is 1. The molecule has 3 amide bonds. The van der Waals surface area contributed by atoms with Crippen LogP contribution in [0.4, 0.5) is 19.1 Å². The van der Waals surface area contributed by atoms with Crippen molar-refractivity contribution in [2.45, 2.75) is 19.5 Å². The molecule has 0 fully saturated rings. The van der Waals surface area contributed by atoms with Gasteiger partial charge in [0.2, 0.25) is 0 Å². The SMILES string of the molecule is COC(=O)Nc1nc2c(s1)CN(C(=O)NCc1ccc(F)cc1)CC2. The van der Waals surface area contributed by atoms with Crippen molar-refractivity contribution in [2.24, 2.45) is 0 Å². The number of halogens is 1. The zero-order valence-corrected chi connectivity index (χ0v) is 14.4. The number of anilines is 1. The molecule has 3 rings (SSSR count). The second kappa shape index (κ2) is 7.47. The lowest BCUT2D eigenvalue weighted by atomic mass is 10.2. The summed E-state index contributed by atoms with van der Waals surface area (Å²) in [5, 5.41) is 5.83. The number of carbonyl (C=O) groups excluding carboxylic acids is 2. The maximum absolute atomic E-state index is 12.9. The smallest absolute Gasteiger partial charge is 0.413 e. The highest BCUT2D eigenvalue weighted by Crippen LogP contribution is 2.28. The first-order valence-corrected chi connectivity index (χ1v) is 8.47. The summed E-state index contributed by atoms with van der Waals surface area (Å²) in [6.45, 7) is 1.31. The predicted octanol–water partition coefficient (Wildman–Crippen LogP) is 2.73. The summed E-state index contributed by atoms with van der Waals surface area (Å²) in [4.78, 5) is 30.5. The summed E-state index contributed by atoms with van der Waals surface area (Å²) in [5.41, 5.74) is 1.72. The minimum Gasteiger partial charge on any atom is -0.453 e. The number of carbonyl (C=O) groups is 2. The van der Waals surface area contributed by atoms with E-state index >= 15 is 0 Å². The zero-order chi connectivity index (χ0) is 17.8. The third-order valence-corrected chi connectivity index (χ3v) is 4.77. The Morgan fingerprint density at radius 1 is 1.36 bits per heavy atom. The number of methoxy groups -OCH3 is 1. The van der Waals surface area contributed by atoms with Gasteiger partial charge < -0.3 is 15.0 Å². The van der Waals surface area contributed by atoms with Gasteiger partial charge in [-0.25, -0.2) is 19.0 Å². The molecule has 9 heteroatoms. The molecule has 0 unspecified atom stereocenters. The quantitative estimate of drug-likeness (QED) is 0.877. The van der Waals surface area contributed by atoms with Crippen molar-refractivity contribution in [3.05, 3.63) is 46.2 Å². The number of nitrogens with zero attached hydrogens (tertiary/aromatic N) is 2. The van der Waals surface area contributed by atoms with Gasteiger partial charge in [-0.1, -0.05) is 23.5 Å². The standard InChI is InChI=1S/C16H17FN4O3S/c1-24-16(23)20-14-19-12-6-7-21(9-13(12)25-14)15(22)18-8-10-2-4-11(17)5-3-10/h2-5H,6-9H2,1H3,(H,18,22)(H,19,20,23). The number of benzene rings is 1. The van der Waals surface area contributed by atoms with E-state index in [4.69, 9.17) is 0 Å². The number of fused-ring (bicyclic) bond motifs is 1. The minimum absolute atomic E-state index is 0.189. The van der Waals surface area contributed by atoms with Crippen LogP contribution in [0.15, 0.2) is 24.3 Å². The van der Waals surface area contributed by atoms with E-state index in [0.29, 0.717) is 31.2 Å². The molecule has 2 aromatic rings. The van der Waals surface area contributed by atoms with Gasteiger partial charge in [-0.15, -0.1) is 0 Å². The van der Waals surface area contributed by atoms with Crippen molar-refractivity contribution in [1.82, 2.24) is 15.2 Å². The molecule has 0 bridgehead atoms. The van der Waals surface area contributed by atoms with Crippen molar-refractivity contribution >= 4 is 28.6 Å². The van der Waals surface area contributed by atoms with Crippen LogP contribution in [-0.2, 0) is 24.2 Å². The summed E-state index contributed by atoms with van der Waals surface area (Å²) in [6.07, 6.45) is 0.0542. The zero-order valence-electron chi connectivity index (χ0n) is 13.5. The highest BCUT2D eigenvalue weighted by atomic mass is 32.1. The maximum atomic E-state index is 12.9. The first-order chi connectivity index (χ1) is 12.0. The third kappa shape index (κ3) is 4.24. The van der Waals surface area contributed by atoms with E-state index < -0.39 is 6.09 Å². The monoisotopic (exact) mass is 364 g/mol. The van der Waals surface area contributed by atoms with Gasteiger partial charge in [-0.2, -0.15) is 0 Å². The molecule has 132 valence electrons. The maximum Gasteiger partial charge on any atom is 0.413 e. The average Bonchev–Trinajstić information content (AvgIpc) is 3.02. The van der Waals surface area contributed by atoms with Gasteiger partial charge in [0.25, 0.3) is 0 Å². The molecule has 0 atom stereocenters. The molecule has 2 heterocycles. The summed E-state index contributed by atoms with van der Waals surface area (Å²) < 4.78 is 17.4. The molecule has 1 aromatic heterocycles. The Hall–Kier alpha value is -2.68. The number of nitrogens with one attached hydrogen (secondary N) is 2. The highest BCUT2D eigenvalue weighted by molar-refractivity contribution is 7.15. The molecule has 1 aliphatic rings. The molecule has 2 N–H and O–H groups in total. The van der Waals surface area contributed by atoms with Gasteiger partial charge in [0, 0.05) is 24.4 Å². The number of ether oxygens (including phenoxy) is 1. The molecule has 0 radical (unpaired) electrons. The molecular formula is C16H17FN4O3S. The van der Waals surface area contributed by atoms with E-state index in [0.717, 1.165) is 16.1 Å². The molecule has 1 aromatic carbocycles. The number of hydrogen-bond donors (Lipinski definition) is 2. The van der Waals surface area contributed by atoms with Crippen molar-refractivity contribution in [3.63, 3.8) is 0 Å². The average molecular weight is 364 g/mol. The van der Waals surface area contributed by atoms with Crippen LogP contribution in [0.3, 0.4) is 0 Å². The molecule has 1 aliphatic heterocycles. The third-order valence-electron chi connectivity index (χ3n) is 3.77. The number of amides is 3. The first kappa shape index (κ1) is 17.2. The molecule has 7 nitrogen and oxygen atoms in total. The molecule has 0 aliphatic carbocycles. The number of rotatable bonds is 3. The molecular weight excluding hydrogens is 347 g/mol. The molecule has 25 heavy (non-hydrogen) atoms. The van der Waals surface area contributed by atoms with Crippen LogP contribution in [0.2, 0.25) is 0 Å².